The van der Waals surface area contributed by atoms with Crippen molar-refractivity contribution in [2.45, 2.75) is 19.7 Å². The Hall–Kier alpha value is -3.76. The number of amides is 2. The van der Waals surface area contributed by atoms with E-state index in [2.05, 4.69) is 11.0 Å². The molecule has 1 fully saturated rings. The monoisotopic (exact) mass is 472 g/mol. The predicted octanol–water partition coefficient (Wildman–Crippen LogP) is 5.06. The Balaban J connectivity index is 1.62. The van der Waals surface area contributed by atoms with E-state index < -0.39 is 11.7 Å². The number of carbonyl (C=O) groups is 1. The van der Waals surface area contributed by atoms with Crippen LogP contribution in [0.2, 0.25) is 0 Å². The van der Waals surface area contributed by atoms with Crippen LogP contribution < -0.4 is 25.4 Å². The minimum Gasteiger partial charge on any atom is -0.496 e. The minimum atomic E-state index is -4.45. The van der Waals surface area contributed by atoms with Gasteiger partial charge in [-0.2, -0.15) is 13.2 Å². The molecule has 1 aliphatic heterocycles. The van der Waals surface area contributed by atoms with Crippen LogP contribution in [0.4, 0.5) is 23.7 Å². The zero-order chi connectivity index (χ0) is 24.5. The van der Waals surface area contributed by atoms with E-state index in [0.29, 0.717) is 33.9 Å². The number of carbonyl (C=O) groups excluding carboxylic acids is 1. The van der Waals surface area contributed by atoms with Gasteiger partial charge in [-0.1, -0.05) is 30.3 Å². The summed E-state index contributed by atoms with van der Waals surface area (Å²) in [4.78, 5) is 12.3. The number of hydrogen-bond donors (Lipinski definition) is 2. The largest absolute Gasteiger partial charge is 0.496 e. The van der Waals surface area contributed by atoms with Crippen LogP contribution in [0.1, 0.15) is 16.7 Å². The average molecular weight is 472 g/mol. The van der Waals surface area contributed by atoms with Crippen LogP contribution in [0, 0.1) is 6.92 Å². The van der Waals surface area contributed by atoms with Crippen LogP contribution in [0.15, 0.2) is 60.7 Å². The first-order chi connectivity index (χ1) is 16.2. The van der Waals surface area contributed by atoms with Crippen LogP contribution in [-0.2, 0) is 12.8 Å². The number of halogens is 3. The maximum atomic E-state index is 13.4. The number of rotatable bonds is 6. The highest BCUT2D eigenvalue weighted by molar-refractivity contribution is 5.93. The van der Waals surface area contributed by atoms with Crippen molar-refractivity contribution in [1.82, 2.24) is 16.1 Å². The highest BCUT2D eigenvalue weighted by Gasteiger charge is 2.33. The topological polar surface area (TPSA) is 66.1 Å². The second-order valence-electron chi connectivity index (χ2n) is 7.65. The summed E-state index contributed by atoms with van der Waals surface area (Å²) >= 11 is 0. The van der Waals surface area contributed by atoms with Crippen molar-refractivity contribution in [3.8, 4) is 22.6 Å². The number of urea groups is 1. The quantitative estimate of drug-likeness (QED) is 0.525. The van der Waals surface area contributed by atoms with Crippen molar-refractivity contribution in [2.24, 2.45) is 0 Å². The number of ether oxygens (including phenoxy) is 2. The van der Waals surface area contributed by atoms with E-state index in [9.17, 15) is 18.0 Å². The highest BCUT2D eigenvalue weighted by Crippen LogP contribution is 2.38. The zero-order valence-corrected chi connectivity index (χ0v) is 18.7. The Morgan fingerprint density at radius 3 is 2.41 bits per heavy atom. The normalized spacial score (nSPS) is 14.3. The maximum absolute atomic E-state index is 13.4. The molecular weight excluding hydrogens is 449 g/mol. The van der Waals surface area contributed by atoms with Crippen LogP contribution >= 0.6 is 0 Å². The molecule has 2 N–H and O–H groups in total. The molecule has 0 bridgehead atoms. The van der Waals surface area contributed by atoms with Gasteiger partial charge in [0, 0.05) is 7.05 Å². The average Bonchev–Trinajstić information content (AvgIpc) is 3.15. The number of hydrogen-bond acceptors (Lipinski definition) is 5. The molecular formula is C24H23F3N4O3. The van der Waals surface area contributed by atoms with Gasteiger partial charge >= 0.3 is 12.2 Å². The van der Waals surface area contributed by atoms with Gasteiger partial charge in [0.1, 0.15) is 18.1 Å². The number of hydrazine groups is 3. The van der Waals surface area contributed by atoms with Gasteiger partial charge in [0.2, 0.25) is 0 Å². The molecule has 2 amide bonds. The fourth-order valence-corrected chi connectivity index (χ4v) is 3.84. The molecule has 7 nitrogen and oxygen atoms in total. The van der Waals surface area contributed by atoms with Crippen LogP contribution in [-0.4, -0.2) is 25.3 Å². The Labute approximate surface area is 194 Å². The fourth-order valence-electron chi connectivity index (χ4n) is 3.84. The number of anilines is 1. The summed E-state index contributed by atoms with van der Waals surface area (Å²) in [5.41, 5.74) is 6.91. The van der Waals surface area contributed by atoms with E-state index in [1.165, 1.54) is 29.4 Å². The molecule has 4 rings (SSSR count). The zero-order valence-electron chi connectivity index (χ0n) is 18.7. The lowest BCUT2D eigenvalue weighted by molar-refractivity contribution is -0.137. The number of aryl methyl sites for hydroxylation is 1. The number of benzene rings is 3. The van der Waals surface area contributed by atoms with E-state index in [-0.39, 0.29) is 18.2 Å². The van der Waals surface area contributed by atoms with Crippen molar-refractivity contribution >= 4 is 11.7 Å². The summed E-state index contributed by atoms with van der Waals surface area (Å²) in [5, 5.41) is 2.88. The van der Waals surface area contributed by atoms with Gasteiger partial charge in [-0.3, -0.25) is 5.43 Å². The number of nitrogens with zero attached hydrogens (tertiary/aromatic N) is 2. The van der Waals surface area contributed by atoms with Gasteiger partial charge in [0.15, 0.2) is 0 Å². The fraction of sp³-hybridized carbons (Fsp3) is 0.208. The minimum absolute atomic E-state index is 0.0658. The molecule has 0 unspecified atom stereocenters. The van der Waals surface area contributed by atoms with Crippen molar-refractivity contribution < 1.29 is 27.4 Å². The third-order valence-electron chi connectivity index (χ3n) is 5.46. The Morgan fingerprint density at radius 1 is 1.00 bits per heavy atom. The molecule has 0 aromatic heterocycles. The Kier molecular flexibility index (Phi) is 6.36. The van der Waals surface area contributed by atoms with Gasteiger partial charge in [-0.05, 0) is 53.9 Å². The Morgan fingerprint density at radius 2 is 1.76 bits per heavy atom. The van der Waals surface area contributed by atoms with Gasteiger partial charge in [-0.25, -0.2) is 9.80 Å². The molecule has 3 aromatic carbocycles. The summed E-state index contributed by atoms with van der Waals surface area (Å²) in [6, 6.07) is 15.3. The van der Waals surface area contributed by atoms with Crippen LogP contribution in [0.25, 0.3) is 11.1 Å². The molecule has 0 aliphatic carbocycles. The molecule has 10 heteroatoms. The molecule has 0 spiro atoms. The second-order valence-corrected chi connectivity index (χ2v) is 7.65. The first kappa shape index (κ1) is 23.4. The molecule has 3 aromatic rings. The second kappa shape index (κ2) is 9.24. The first-order valence-corrected chi connectivity index (χ1v) is 10.4. The van der Waals surface area contributed by atoms with E-state index >= 15 is 0 Å². The van der Waals surface area contributed by atoms with Crippen LogP contribution in [0.5, 0.6) is 11.5 Å². The molecule has 178 valence electrons. The van der Waals surface area contributed by atoms with Crippen LogP contribution in [0.3, 0.4) is 0 Å². The smallest absolute Gasteiger partial charge is 0.417 e. The lowest BCUT2D eigenvalue weighted by Gasteiger charge is -2.25. The van der Waals surface area contributed by atoms with Gasteiger partial charge in [0.05, 0.1) is 23.9 Å². The molecule has 34 heavy (non-hydrogen) atoms. The summed E-state index contributed by atoms with van der Waals surface area (Å²) in [6.45, 7) is 1.83. The number of nitrogens with one attached hydrogen (secondary N) is 2. The summed E-state index contributed by atoms with van der Waals surface area (Å²) in [5.74, 6) is 1.03. The molecule has 1 aliphatic rings. The van der Waals surface area contributed by atoms with Crippen molar-refractivity contribution in [3.63, 3.8) is 0 Å². The van der Waals surface area contributed by atoms with E-state index in [1.54, 1.807) is 56.4 Å². The van der Waals surface area contributed by atoms with Gasteiger partial charge in [0.25, 0.3) is 0 Å². The summed E-state index contributed by atoms with van der Waals surface area (Å²) < 4.78 is 51.8. The lowest BCUT2D eigenvalue weighted by atomic mass is 9.97. The molecule has 0 radical (unpaired) electrons. The predicted molar refractivity (Wildman–Crippen MR) is 121 cm³/mol. The van der Waals surface area contributed by atoms with Crippen molar-refractivity contribution in [1.29, 1.82) is 0 Å². The molecule has 0 atom stereocenters. The SMILES string of the molecule is COc1cccc(N2C(=O)NNN2C)c1COc1ccc(-c2ccccc2C(F)(F)F)cc1C. The van der Waals surface area contributed by atoms with Crippen molar-refractivity contribution in [2.75, 3.05) is 19.2 Å². The third-order valence-corrected chi connectivity index (χ3v) is 5.46. The van der Waals surface area contributed by atoms with Gasteiger partial charge in [-0.15, -0.1) is 10.7 Å². The number of alkyl halides is 3. The molecule has 0 saturated carbocycles. The van der Waals surface area contributed by atoms with E-state index in [1.807, 2.05) is 0 Å². The standard InChI is InChI=1S/C24H23F3N4O3/c1-15-13-16(17-7-4-5-8-19(17)24(25,26)27)11-12-21(15)34-14-18-20(9-6-10-22(18)33-3)31-23(32)28-29-30(31)2/h4-13,29H,14H2,1-3H3,(H,28,32). The first-order valence-electron chi connectivity index (χ1n) is 10.4. The van der Waals surface area contributed by atoms with E-state index in [4.69, 9.17) is 9.47 Å². The molecule has 1 heterocycles. The maximum Gasteiger partial charge on any atom is 0.417 e. The third kappa shape index (κ3) is 4.50. The number of methoxy groups -OCH3 is 1. The molecule has 1 saturated heterocycles. The van der Waals surface area contributed by atoms with Crippen molar-refractivity contribution in [3.05, 3.63) is 77.4 Å². The summed E-state index contributed by atoms with van der Waals surface area (Å²) in [6.07, 6.45) is -4.45. The highest BCUT2D eigenvalue weighted by atomic mass is 19.4. The van der Waals surface area contributed by atoms with Gasteiger partial charge < -0.3 is 9.47 Å². The van der Waals surface area contributed by atoms with E-state index in [0.717, 1.165) is 6.07 Å². The Bertz CT molecular complexity index is 1220. The summed E-state index contributed by atoms with van der Waals surface area (Å²) in [7, 11) is 3.19. The lowest BCUT2D eigenvalue weighted by Crippen LogP contribution is -2.40.